The van der Waals surface area contributed by atoms with Crippen molar-refractivity contribution < 1.29 is 14.6 Å². The van der Waals surface area contributed by atoms with Gasteiger partial charge in [0.15, 0.2) is 0 Å². The number of aliphatic hydroxyl groups is 1. The van der Waals surface area contributed by atoms with Crippen LogP contribution in [0.5, 0.6) is 11.5 Å². The molecule has 0 spiro atoms. The molecule has 1 atom stereocenters. The van der Waals surface area contributed by atoms with Gasteiger partial charge < -0.3 is 19.1 Å². The Morgan fingerprint density at radius 2 is 1.84 bits per heavy atom. The van der Waals surface area contributed by atoms with E-state index in [0.29, 0.717) is 12.5 Å². The first-order valence-electron chi connectivity index (χ1n) is 11.8. The van der Waals surface area contributed by atoms with Crippen LogP contribution in [0.25, 0.3) is 11.0 Å². The van der Waals surface area contributed by atoms with E-state index in [1.807, 2.05) is 30.3 Å². The zero-order valence-corrected chi connectivity index (χ0v) is 19.8. The van der Waals surface area contributed by atoms with Gasteiger partial charge in [0, 0.05) is 11.5 Å². The van der Waals surface area contributed by atoms with Crippen molar-refractivity contribution in [2.24, 2.45) is 0 Å². The fourth-order valence-corrected chi connectivity index (χ4v) is 4.76. The molecular weight excluding hydrogens is 400 g/mol. The molecule has 0 saturated heterocycles. The molecule has 1 fully saturated rings. The van der Waals surface area contributed by atoms with Gasteiger partial charge >= 0.3 is 0 Å². The van der Waals surface area contributed by atoms with E-state index in [4.69, 9.17) is 14.5 Å². The van der Waals surface area contributed by atoms with Gasteiger partial charge in [0.25, 0.3) is 0 Å². The third kappa shape index (κ3) is 4.93. The monoisotopic (exact) mass is 436 g/mol. The second kappa shape index (κ2) is 9.53. The summed E-state index contributed by atoms with van der Waals surface area (Å²) >= 11 is 0. The van der Waals surface area contributed by atoms with E-state index in [-0.39, 0.29) is 12.0 Å². The first-order chi connectivity index (χ1) is 15.4. The minimum atomic E-state index is -0.634. The lowest BCUT2D eigenvalue weighted by Gasteiger charge is -2.25. The van der Waals surface area contributed by atoms with Crippen LogP contribution in [0.2, 0.25) is 0 Å². The van der Waals surface area contributed by atoms with Crippen molar-refractivity contribution in [3.8, 4) is 11.5 Å². The number of hydrogen-bond donors (Lipinski definition) is 1. The number of aromatic nitrogens is 2. The van der Waals surface area contributed by atoms with Crippen molar-refractivity contribution >= 4 is 11.0 Å². The van der Waals surface area contributed by atoms with Crippen molar-refractivity contribution in [3.63, 3.8) is 0 Å². The number of hydrogen-bond acceptors (Lipinski definition) is 4. The minimum Gasteiger partial charge on any atom is -0.497 e. The molecule has 1 aliphatic carbocycles. The molecular formula is C27H36N2O3. The van der Waals surface area contributed by atoms with Crippen LogP contribution in [0.1, 0.15) is 70.2 Å². The Balaban J connectivity index is 1.53. The molecule has 3 aromatic rings. The average molecular weight is 437 g/mol. The number of benzene rings is 2. The van der Waals surface area contributed by atoms with Crippen molar-refractivity contribution in [1.82, 2.24) is 9.55 Å². The van der Waals surface area contributed by atoms with Crippen molar-refractivity contribution in [3.05, 3.63) is 53.9 Å². The van der Waals surface area contributed by atoms with Gasteiger partial charge in [-0.05, 0) is 48.6 Å². The van der Waals surface area contributed by atoms with Crippen molar-refractivity contribution in [2.45, 2.75) is 76.9 Å². The number of imidazole rings is 1. The molecule has 0 aliphatic heterocycles. The summed E-state index contributed by atoms with van der Waals surface area (Å²) in [6.07, 6.45) is 5.54. The summed E-state index contributed by atoms with van der Waals surface area (Å²) in [5, 5.41) is 11.0. The fraction of sp³-hybridized carbons (Fsp3) is 0.519. The van der Waals surface area contributed by atoms with E-state index < -0.39 is 6.10 Å². The summed E-state index contributed by atoms with van der Waals surface area (Å²) in [7, 11) is 1.67. The Morgan fingerprint density at radius 1 is 1.09 bits per heavy atom. The molecule has 5 heteroatoms. The van der Waals surface area contributed by atoms with Crippen LogP contribution < -0.4 is 9.47 Å². The van der Waals surface area contributed by atoms with Crippen LogP contribution in [0.15, 0.2) is 42.5 Å². The normalized spacial score (nSPS) is 16.3. The summed E-state index contributed by atoms with van der Waals surface area (Å²) < 4.78 is 13.7. The maximum atomic E-state index is 11.0. The molecule has 1 heterocycles. The Kier molecular flexibility index (Phi) is 6.75. The molecule has 1 N–H and O–H groups in total. The van der Waals surface area contributed by atoms with Crippen molar-refractivity contribution in [2.75, 3.05) is 13.7 Å². The highest BCUT2D eigenvalue weighted by molar-refractivity contribution is 5.76. The molecule has 1 aromatic heterocycles. The first kappa shape index (κ1) is 22.7. The van der Waals surface area contributed by atoms with E-state index in [0.717, 1.165) is 33.9 Å². The summed E-state index contributed by atoms with van der Waals surface area (Å²) in [6, 6.07) is 14.1. The molecule has 172 valence electrons. The van der Waals surface area contributed by atoms with Crippen LogP contribution in [0, 0.1) is 0 Å². The van der Waals surface area contributed by atoms with Gasteiger partial charge in [-0.2, -0.15) is 0 Å². The predicted molar refractivity (Wildman–Crippen MR) is 129 cm³/mol. The van der Waals surface area contributed by atoms with E-state index in [2.05, 4.69) is 37.5 Å². The number of ether oxygens (including phenoxy) is 2. The second-order valence-electron chi connectivity index (χ2n) is 9.98. The second-order valence-corrected chi connectivity index (χ2v) is 9.98. The van der Waals surface area contributed by atoms with Crippen LogP contribution in [0.3, 0.4) is 0 Å². The molecule has 1 saturated carbocycles. The van der Waals surface area contributed by atoms with E-state index in [9.17, 15) is 5.11 Å². The average Bonchev–Trinajstić information content (AvgIpc) is 3.16. The molecule has 2 aromatic carbocycles. The largest absolute Gasteiger partial charge is 0.497 e. The highest BCUT2D eigenvalue weighted by atomic mass is 16.5. The lowest BCUT2D eigenvalue weighted by atomic mass is 9.86. The number of aliphatic hydroxyl groups excluding tert-OH is 1. The molecule has 32 heavy (non-hydrogen) atoms. The van der Waals surface area contributed by atoms with E-state index >= 15 is 0 Å². The van der Waals surface area contributed by atoms with Gasteiger partial charge in [0.1, 0.15) is 30.0 Å². The quantitative estimate of drug-likeness (QED) is 0.506. The molecule has 1 aliphatic rings. The van der Waals surface area contributed by atoms with Gasteiger partial charge in [0.2, 0.25) is 0 Å². The van der Waals surface area contributed by atoms with E-state index in [1.54, 1.807) is 7.11 Å². The number of rotatable bonds is 7. The van der Waals surface area contributed by atoms with Crippen LogP contribution in [-0.4, -0.2) is 34.5 Å². The summed E-state index contributed by atoms with van der Waals surface area (Å²) in [5.74, 6) is 3.19. The predicted octanol–water partition coefficient (Wildman–Crippen LogP) is 5.83. The van der Waals surface area contributed by atoms with Crippen LogP contribution in [-0.2, 0) is 12.0 Å². The lowest BCUT2D eigenvalue weighted by molar-refractivity contribution is 0.0912. The summed E-state index contributed by atoms with van der Waals surface area (Å²) in [4.78, 5) is 4.97. The topological polar surface area (TPSA) is 56.5 Å². The van der Waals surface area contributed by atoms with Gasteiger partial charge in [-0.15, -0.1) is 0 Å². The van der Waals surface area contributed by atoms with E-state index in [1.165, 1.54) is 32.1 Å². The third-order valence-electron chi connectivity index (χ3n) is 6.47. The number of fused-ring (bicyclic) bond motifs is 1. The maximum absolute atomic E-state index is 11.0. The molecule has 4 rings (SSSR count). The molecule has 0 radical (unpaired) electrons. The highest BCUT2D eigenvalue weighted by Gasteiger charge is 2.24. The molecule has 0 bridgehead atoms. The van der Waals surface area contributed by atoms with Gasteiger partial charge in [-0.3, -0.25) is 0 Å². The Labute approximate surface area is 191 Å². The number of nitrogens with zero attached hydrogens (tertiary/aromatic N) is 2. The SMILES string of the molecule is COc1ccc(OCC(O)Cn2c(C3CCCCC3)nc3ccccc32)c(C(C)(C)C)c1. The van der Waals surface area contributed by atoms with Gasteiger partial charge in [-0.25, -0.2) is 4.98 Å². The molecule has 1 unspecified atom stereocenters. The maximum Gasteiger partial charge on any atom is 0.123 e. The fourth-order valence-electron chi connectivity index (χ4n) is 4.76. The van der Waals surface area contributed by atoms with Gasteiger partial charge in [-0.1, -0.05) is 52.2 Å². The van der Waals surface area contributed by atoms with Crippen LogP contribution >= 0.6 is 0 Å². The van der Waals surface area contributed by atoms with Gasteiger partial charge in [0.05, 0.1) is 24.7 Å². The summed E-state index contributed by atoms with van der Waals surface area (Å²) in [6.45, 7) is 7.16. The molecule has 0 amide bonds. The van der Waals surface area contributed by atoms with Crippen LogP contribution in [0.4, 0.5) is 0 Å². The smallest absolute Gasteiger partial charge is 0.123 e. The minimum absolute atomic E-state index is 0.0937. The standard InChI is InChI=1S/C27H36N2O3/c1-27(2,3)22-16-21(31-4)14-15-25(22)32-18-20(30)17-29-24-13-9-8-12-23(24)28-26(29)19-10-6-5-7-11-19/h8-9,12-16,19-20,30H,5-7,10-11,17-18H2,1-4H3. The third-order valence-corrected chi connectivity index (χ3v) is 6.47. The summed E-state index contributed by atoms with van der Waals surface area (Å²) in [5.41, 5.74) is 3.07. The Hall–Kier alpha value is -2.53. The lowest BCUT2D eigenvalue weighted by Crippen LogP contribution is -2.26. The highest BCUT2D eigenvalue weighted by Crippen LogP contribution is 2.35. The number of methoxy groups -OCH3 is 1. The zero-order valence-electron chi connectivity index (χ0n) is 19.8. The Morgan fingerprint density at radius 3 is 2.56 bits per heavy atom. The number of para-hydroxylation sites is 2. The van der Waals surface area contributed by atoms with Crippen molar-refractivity contribution in [1.29, 1.82) is 0 Å². The molecule has 5 nitrogen and oxygen atoms in total. The first-order valence-corrected chi connectivity index (χ1v) is 11.8. The Bertz CT molecular complexity index is 1040. The zero-order chi connectivity index (χ0) is 22.7.